The van der Waals surface area contributed by atoms with Gasteiger partial charge in [0.2, 0.25) is 5.91 Å². The van der Waals surface area contributed by atoms with E-state index in [1.165, 1.54) is 12.8 Å². The Morgan fingerprint density at radius 3 is 2.73 bits per heavy atom. The van der Waals surface area contributed by atoms with E-state index in [4.69, 9.17) is 4.74 Å². The van der Waals surface area contributed by atoms with Gasteiger partial charge in [0.05, 0.1) is 0 Å². The minimum atomic E-state index is 0.157. The lowest BCUT2D eigenvalue weighted by atomic mass is 10.1. The highest BCUT2D eigenvalue weighted by molar-refractivity contribution is 5.78. The second-order valence-corrected chi connectivity index (χ2v) is 2.96. The van der Waals surface area contributed by atoms with Crippen LogP contribution in [0.25, 0.3) is 0 Å². The molecule has 0 atom stereocenters. The van der Waals surface area contributed by atoms with Crippen molar-refractivity contribution in [1.82, 2.24) is 5.32 Å². The van der Waals surface area contributed by atoms with E-state index in [1.54, 1.807) is 7.11 Å². The van der Waals surface area contributed by atoms with Crippen LogP contribution in [0.4, 0.5) is 0 Å². The maximum Gasteiger partial charge on any atom is 0.224 e. The van der Waals surface area contributed by atoms with Crippen LogP contribution in [0.15, 0.2) is 0 Å². The molecule has 3 heteroatoms. The van der Waals surface area contributed by atoms with Crippen LogP contribution < -0.4 is 5.32 Å². The zero-order valence-electron chi connectivity index (χ0n) is 6.93. The molecule has 0 aromatic rings. The Bertz CT molecular complexity index is 130. The highest BCUT2D eigenvalue weighted by Crippen LogP contribution is 2.24. The van der Waals surface area contributed by atoms with Gasteiger partial charge in [0.1, 0.15) is 6.73 Å². The number of carbonyl (C=O) groups excluding carboxylic acids is 1. The minimum absolute atomic E-state index is 0.157. The molecule has 0 heterocycles. The van der Waals surface area contributed by atoms with Crippen molar-refractivity contribution < 1.29 is 9.53 Å². The summed E-state index contributed by atoms with van der Waals surface area (Å²) in [5.41, 5.74) is 0. The van der Waals surface area contributed by atoms with E-state index < -0.39 is 0 Å². The quantitative estimate of drug-likeness (QED) is 0.618. The Hall–Kier alpha value is -0.570. The Balaban J connectivity index is 2.17. The maximum atomic E-state index is 11.2. The van der Waals surface area contributed by atoms with Crippen molar-refractivity contribution in [1.29, 1.82) is 0 Å². The zero-order valence-corrected chi connectivity index (χ0v) is 6.93. The molecule has 1 aliphatic carbocycles. The highest BCUT2D eigenvalue weighted by atomic mass is 16.5. The number of nitrogens with one attached hydrogen (secondary N) is 1. The second-order valence-electron chi connectivity index (χ2n) is 2.96. The van der Waals surface area contributed by atoms with Gasteiger partial charge < -0.3 is 10.1 Å². The number of ether oxygens (including phenoxy) is 1. The summed E-state index contributed by atoms with van der Waals surface area (Å²) in [6.45, 7) is 0.343. The lowest BCUT2D eigenvalue weighted by Crippen LogP contribution is -2.30. The van der Waals surface area contributed by atoms with Crippen molar-refractivity contribution in [3.8, 4) is 0 Å². The van der Waals surface area contributed by atoms with Crippen LogP contribution in [-0.2, 0) is 9.53 Å². The minimum Gasteiger partial charge on any atom is -0.364 e. The van der Waals surface area contributed by atoms with Gasteiger partial charge in [-0.25, -0.2) is 0 Å². The van der Waals surface area contributed by atoms with Crippen molar-refractivity contribution in [2.45, 2.75) is 25.7 Å². The van der Waals surface area contributed by atoms with Crippen LogP contribution in [0.2, 0.25) is 0 Å². The Kier molecular flexibility index (Phi) is 3.36. The molecule has 0 saturated heterocycles. The molecule has 0 aromatic carbocycles. The van der Waals surface area contributed by atoms with Crippen LogP contribution in [0, 0.1) is 5.92 Å². The third-order valence-corrected chi connectivity index (χ3v) is 2.12. The number of rotatable bonds is 3. The smallest absolute Gasteiger partial charge is 0.224 e. The fraction of sp³-hybridized carbons (Fsp3) is 0.875. The standard InChI is InChI=1S/C8H15NO2/c1-11-6-9-8(10)7-4-2-3-5-7/h7H,2-6H2,1H3,(H,9,10). The first kappa shape index (κ1) is 8.53. The largest absolute Gasteiger partial charge is 0.364 e. The molecular formula is C8H15NO2. The Labute approximate surface area is 67.1 Å². The van der Waals surface area contributed by atoms with Crippen molar-refractivity contribution >= 4 is 5.91 Å². The van der Waals surface area contributed by atoms with Gasteiger partial charge in [0.25, 0.3) is 0 Å². The zero-order chi connectivity index (χ0) is 8.10. The first-order valence-corrected chi connectivity index (χ1v) is 4.11. The van der Waals surface area contributed by atoms with E-state index in [9.17, 15) is 4.79 Å². The van der Waals surface area contributed by atoms with Crippen molar-refractivity contribution in [2.24, 2.45) is 5.92 Å². The lowest BCUT2D eigenvalue weighted by Gasteiger charge is -2.08. The highest BCUT2D eigenvalue weighted by Gasteiger charge is 2.21. The molecule has 1 saturated carbocycles. The molecule has 0 aromatic heterocycles. The van der Waals surface area contributed by atoms with Gasteiger partial charge in [0, 0.05) is 13.0 Å². The summed E-state index contributed by atoms with van der Waals surface area (Å²) < 4.78 is 4.74. The van der Waals surface area contributed by atoms with E-state index in [1.807, 2.05) is 0 Å². The van der Waals surface area contributed by atoms with Crippen LogP contribution in [0.1, 0.15) is 25.7 Å². The maximum absolute atomic E-state index is 11.2. The summed E-state index contributed by atoms with van der Waals surface area (Å²) in [5, 5.41) is 2.71. The summed E-state index contributed by atoms with van der Waals surface area (Å²) in [6, 6.07) is 0. The lowest BCUT2D eigenvalue weighted by molar-refractivity contribution is -0.126. The van der Waals surface area contributed by atoms with Crippen LogP contribution in [0.3, 0.4) is 0 Å². The molecule has 11 heavy (non-hydrogen) atoms. The van der Waals surface area contributed by atoms with Gasteiger partial charge >= 0.3 is 0 Å². The molecular weight excluding hydrogens is 142 g/mol. The van der Waals surface area contributed by atoms with Gasteiger partial charge in [-0.05, 0) is 12.8 Å². The predicted molar refractivity (Wildman–Crippen MR) is 42.0 cm³/mol. The van der Waals surface area contributed by atoms with Crippen molar-refractivity contribution in [3.63, 3.8) is 0 Å². The van der Waals surface area contributed by atoms with E-state index in [0.717, 1.165) is 12.8 Å². The van der Waals surface area contributed by atoms with E-state index in [2.05, 4.69) is 5.32 Å². The predicted octanol–water partition coefficient (Wildman–Crippen LogP) is 0.897. The fourth-order valence-corrected chi connectivity index (χ4v) is 1.48. The summed E-state index contributed by atoms with van der Waals surface area (Å²) in [6.07, 6.45) is 4.50. The number of methoxy groups -OCH3 is 1. The van der Waals surface area contributed by atoms with Gasteiger partial charge in [-0.3, -0.25) is 4.79 Å². The van der Waals surface area contributed by atoms with E-state index in [-0.39, 0.29) is 11.8 Å². The number of hydrogen-bond acceptors (Lipinski definition) is 2. The molecule has 3 nitrogen and oxygen atoms in total. The first-order valence-electron chi connectivity index (χ1n) is 4.11. The van der Waals surface area contributed by atoms with Crippen molar-refractivity contribution in [2.75, 3.05) is 13.8 Å². The third kappa shape index (κ3) is 2.50. The summed E-state index contributed by atoms with van der Waals surface area (Å²) >= 11 is 0. The van der Waals surface area contributed by atoms with Crippen LogP contribution in [-0.4, -0.2) is 19.7 Å². The van der Waals surface area contributed by atoms with Gasteiger partial charge in [-0.2, -0.15) is 0 Å². The number of hydrogen-bond donors (Lipinski definition) is 1. The summed E-state index contributed by atoms with van der Waals surface area (Å²) in [7, 11) is 1.58. The average molecular weight is 157 g/mol. The molecule has 0 aliphatic heterocycles. The molecule has 1 aliphatic rings. The molecule has 1 amide bonds. The fourth-order valence-electron chi connectivity index (χ4n) is 1.48. The SMILES string of the molecule is COCNC(=O)C1CCCC1. The molecule has 1 rings (SSSR count). The monoisotopic (exact) mass is 157 g/mol. The van der Waals surface area contributed by atoms with E-state index >= 15 is 0 Å². The van der Waals surface area contributed by atoms with Crippen LogP contribution >= 0.6 is 0 Å². The first-order chi connectivity index (χ1) is 5.34. The number of amides is 1. The second kappa shape index (κ2) is 4.34. The van der Waals surface area contributed by atoms with Gasteiger partial charge in [-0.1, -0.05) is 12.8 Å². The van der Waals surface area contributed by atoms with Gasteiger partial charge in [-0.15, -0.1) is 0 Å². The topological polar surface area (TPSA) is 38.3 Å². The summed E-state index contributed by atoms with van der Waals surface area (Å²) in [5.74, 6) is 0.412. The third-order valence-electron chi connectivity index (χ3n) is 2.12. The van der Waals surface area contributed by atoms with Crippen LogP contribution in [0.5, 0.6) is 0 Å². The average Bonchev–Trinajstić information content (AvgIpc) is 2.52. The molecule has 1 N–H and O–H groups in total. The number of carbonyl (C=O) groups is 1. The van der Waals surface area contributed by atoms with Crippen molar-refractivity contribution in [3.05, 3.63) is 0 Å². The molecule has 0 spiro atoms. The molecule has 64 valence electrons. The molecule has 1 fully saturated rings. The van der Waals surface area contributed by atoms with Gasteiger partial charge in [0.15, 0.2) is 0 Å². The Morgan fingerprint density at radius 1 is 1.55 bits per heavy atom. The Morgan fingerprint density at radius 2 is 2.18 bits per heavy atom. The normalized spacial score (nSPS) is 18.6. The molecule has 0 radical (unpaired) electrons. The molecule has 0 bridgehead atoms. The molecule has 0 unspecified atom stereocenters. The van der Waals surface area contributed by atoms with E-state index in [0.29, 0.717) is 6.73 Å². The summed E-state index contributed by atoms with van der Waals surface area (Å²) in [4.78, 5) is 11.2.